The first-order valence-corrected chi connectivity index (χ1v) is 15.1. The van der Waals surface area contributed by atoms with Crippen molar-refractivity contribution < 1.29 is 9.59 Å². The van der Waals surface area contributed by atoms with Crippen LogP contribution in [0.15, 0.2) is 121 Å². The van der Waals surface area contributed by atoms with Crippen molar-refractivity contribution in [1.29, 1.82) is 0 Å². The molecule has 6 rings (SSSR count). The number of unbranched alkanes of at least 4 members (excludes halogenated alkanes) is 1. The van der Waals surface area contributed by atoms with E-state index in [2.05, 4.69) is 73.0 Å². The van der Waals surface area contributed by atoms with Crippen molar-refractivity contribution >= 4 is 11.8 Å². The van der Waals surface area contributed by atoms with E-state index < -0.39 is 23.4 Å². The molecule has 2 heterocycles. The van der Waals surface area contributed by atoms with Gasteiger partial charge < -0.3 is 15.5 Å². The second-order valence-corrected chi connectivity index (χ2v) is 11.7. The van der Waals surface area contributed by atoms with Crippen molar-refractivity contribution in [2.45, 2.75) is 50.9 Å². The Hall–Kier alpha value is -4.22. The maximum Gasteiger partial charge on any atom is 0.318 e. The fraction of sp³-hybridized carbons (Fsp3) is 0.297. The van der Waals surface area contributed by atoms with E-state index in [0.29, 0.717) is 6.54 Å². The Kier molecular flexibility index (Phi) is 7.94. The molecule has 214 valence electrons. The number of carbonyl (C=O) groups excluding carboxylic acids is 2. The number of nitrogens with zero attached hydrogens (tertiary/aromatic N) is 1. The van der Waals surface area contributed by atoms with Crippen LogP contribution in [0.5, 0.6) is 0 Å². The number of fused-ring (bicyclic) bond motifs is 2. The predicted molar refractivity (Wildman–Crippen MR) is 167 cm³/mol. The normalized spacial score (nSPS) is 27.0. The van der Waals surface area contributed by atoms with Gasteiger partial charge in [0.15, 0.2) is 0 Å². The fourth-order valence-electron chi connectivity index (χ4n) is 7.27. The number of nitrogens with one attached hydrogen (secondary N) is 2. The van der Waals surface area contributed by atoms with Crippen LogP contribution in [0.2, 0.25) is 0 Å². The number of hydrogen-bond donors (Lipinski definition) is 2. The molecular weight excluding hydrogens is 518 g/mol. The summed E-state index contributed by atoms with van der Waals surface area (Å²) < 4.78 is 0. The number of Topliss-reactive ketones (excluding diaryl/α,β-unsaturated/α-hetero) is 1. The minimum atomic E-state index is -0.938. The molecule has 0 aliphatic carbocycles. The molecule has 2 aliphatic heterocycles. The molecule has 2 fully saturated rings. The first-order valence-electron chi connectivity index (χ1n) is 15.1. The smallest absolute Gasteiger partial charge is 0.318 e. The highest BCUT2D eigenvalue weighted by molar-refractivity contribution is 5.94. The molecule has 42 heavy (non-hydrogen) atoms. The summed E-state index contributed by atoms with van der Waals surface area (Å²) in [5.74, 6) is -0.305. The number of hydrogen-bond acceptors (Lipinski definition) is 3. The Labute approximate surface area is 249 Å². The molecule has 0 saturated carbocycles. The summed E-state index contributed by atoms with van der Waals surface area (Å²) in [6.07, 6.45) is 1.88. The van der Waals surface area contributed by atoms with Crippen LogP contribution in [0.25, 0.3) is 0 Å². The molecule has 0 spiro atoms. The lowest BCUT2D eigenvalue weighted by atomic mass is 9.55. The second-order valence-electron chi connectivity index (χ2n) is 11.7. The topological polar surface area (TPSA) is 61.4 Å². The Morgan fingerprint density at radius 3 is 1.81 bits per heavy atom. The third-order valence-electron chi connectivity index (χ3n) is 9.21. The third-order valence-corrected chi connectivity index (χ3v) is 9.21. The van der Waals surface area contributed by atoms with Crippen molar-refractivity contribution in [3.63, 3.8) is 0 Å². The van der Waals surface area contributed by atoms with E-state index in [-0.39, 0.29) is 23.9 Å². The molecule has 2 N–H and O–H groups in total. The lowest BCUT2D eigenvalue weighted by Crippen LogP contribution is -2.68. The van der Waals surface area contributed by atoms with E-state index in [9.17, 15) is 4.79 Å². The number of carbonyl (C=O) groups is 2. The highest BCUT2D eigenvalue weighted by Gasteiger charge is 2.65. The molecule has 5 heteroatoms. The number of likely N-dealkylation sites (tertiary alicyclic amines) is 1. The molecule has 5 nitrogen and oxygen atoms in total. The molecule has 6 unspecified atom stereocenters. The van der Waals surface area contributed by atoms with Gasteiger partial charge in [-0.05, 0) is 35.6 Å². The van der Waals surface area contributed by atoms with Crippen molar-refractivity contribution in [3.8, 4) is 0 Å². The average molecular weight is 558 g/mol. The minimum absolute atomic E-state index is 0.129. The minimum Gasteiger partial charge on any atom is -0.338 e. The lowest BCUT2D eigenvalue weighted by Gasteiger charge is -2.61. The van der Waals surface area contributed by atoms with E-state index in [0.717, 1.165) is 35.1 Å². The maximum atomic E-state index is 15.3. The molecule has 2 amide bonds. The quantitative estimate of drug-likeness (QED) is 0.230. The van der Waals surface area contributed by atoms with E-state index in [1.807, 2.05) is 77.7 Å². The van der Waals surface area contributed by atoms with Crippen LogP contribution >= 0.6 is 0 Å². The van der Waals surface area contributed by atoms with Crippen LogP contribution < -0.4 is 10.6 Å². The highest BCUT2D eigenvalue weighted by atomic mass is 16.2. The summed E-state index contributed by atoms with van der Waals surface area (Å²) in [4.78, 5) is 31.8. The number of rotatable bonds is 7. The molecule has 2 bridgehead atoms. The van der Waals surface area contributed by atoms with Crippen molar-refractivity contribution in [1.82, 2.24) is 15.5 Å². The molecule has 4 aromatic rings. The van der Waals surface area contributed by atoms with Gasteiger partial charge in [-0.1, -0.05) is 135 Å². The number of piperidine rings is 2. The van der Waals surface area contributed by atoms with Crippen LogP contribution in [0, 0.1) is 11.3 Å². The Morgan fingerprint density at radius 1 is 0.762 bits per heavy atom. The van der Waals surface area contributed by atoms with Gasteiger partial charge >= 0.3 is 6.03 Å². The molecule has 2 aliphatic rings. The SMILES string of the molecule is CCCCNC(=O)N1C(c2ccccc2)C2C(=O)C(C)(C(c3ccccc3)NC2c2ccccc2)C1c1ccccc1. The third kappa shape index (κ3) is 4.82. The first kappa shape index (κ1) is 27.9. The average Bonchev–Trinajstić information content (AvgIpc) is 3.04. The number of urea groups is 1. The zero-order valence-electron chi connectivity index (χ0n) is 24.3. The van der Waals surface area contributed by atoms with Crippen molar-refractivity contribution in [2.75, 3.05) is 6.54 Å². The van der Waals surface area contributed by atoms with Gasteiger partial charge in [-0.15, -0.1) is 0 Å². The van der Waals surface area contributed by atoms with Crippen LogP contribution in [-0.2, 0) is 4.79 Å². The molecule has 6 atom stereocenters. The largest absolute Gasteiger partial charge is 0.338 e. The Balaban J connectivity index is 1.62. The maximum absolute atomic E-state index is 15.3. The van der Waals surface area contributed by atoms with Crippen LogP contribution in [-0.4, -0.2) is 23.3 Å². The summed E-state index contributed by atoms with van der Waals surface area (Å²) in [5, 5.41) is 7.23. The molecule has 4 aromatic carbocycles. The van der Waals surface area contributed by atoms with Gasteiger partial charge in [0, 0.05) is 18.6 Å². The van der Waals surface area contributed by atoms with Crippen molar-refractivity contribution in [3.05, 3.63) is 144 Å². The summed E-state index contributed by atoms with van der Waals surface area (Å²) >= 11 is 0. The van der Waals surface area contributed by atoms with Crippen LogP contribution in [0.4, 0.5) is 4.79 Å². The Morgan fingerprint density at radius 2 is 1.26 bits per heavy atom. The van der Waals surface area contributed by atoms with Gasteiger partial charge in [0.25, 0.3) is 0 Å². The van der Waals surface area contributed by atoms with E-state index in [4.69, 9.17) is 0 Å². The number of ketones is 1. The summed E-state index contributed by atoms with van der Waals surface area (Å²) in [6, 6.07) is 39.0. The summed E-state index contributed by atoms with van der Waals surface area (Å²) in [6.45, 7) is 4.78. The van der Waals surface area contributed by atoms with Crippen LogP contribution in [0.3, 0.4) is 0 Å². The van der Waals surface area contributed by atoms with Gasteiger partial charge in [-0.3, -0.25) is 4.79 Å². The first-order chi connectivity index (χ1) is 20.6. The zero-order chi connectivity index (χ0) is 29.1. The van der Waals surface area contributed by atoms with E-state index in [1.165, 1.54) is 0 Å². The molecule has 2 saturated heterocycles. The highest BCUT2D eigenvalue weighted by Crippen LogP contribution is 2.62. The summed E-state index contributed by atoms with van der Waals surface area (Å²) in [7, 11) is 0. The van der Waals surface area contributed by atoms with Gasteiger partial charge in [0.1, 0.15) is 5.78 Å². The monoisotopic (exact) mass is 557 g/mol. The summed E-state index contributed by atoms with van der Waals surface area (Å²) in [5.41, 5.74) is 3.07. The number of benzene rings is 4. The molecular formula is C37H39N3O2. The lowest BCUT2D eigenvalue weighted by molar-refractivity contribution is -0.160. The van der Waals surface area contributed by atoms with Gasteiger partial charge in [-0.25, -0.2) is 4.79 Å². The van der Waals surface area contributed by atoms with Crippen molar-refractivity contribution in [2.24, 2.45) is 11.3 Å². The Bertz CT molecular complexity index is 1500. The van der Waals surface area contributed by atoms with E-state index >= 15 is 4.79 Å². The van der Waals surface area contributed by atoms with Gasteiger partial charge in [0.05, 0.1) is 23.4 Å². The van der Waals surface area contributed by atoms with Gasteiger partial charge in [-0.2, -0.15) is 0 Å². The standard InChI is InChI=1S/C37H39N3O2/c1-3-4-25-38-36(42)40-32(27-19-11-6-12-20-27)30-31(26-17-9-5-10-18-26)39-33(28-21-13-7-14-22-28)37(2,35(30)41)34(40)29-23-15-8-16-24-29/h5-24,30-34,39H,3-4,25H2,1-2H3,(H,38,42). The second kappa shape index (κ2) is 11.9. The zero-order valence-corrected chi connectivity index (χ0v) is 24.3. The van der Waals surface area contributed by atoms with Crippen LogP contribution in [0.1, 0.15) is 73.1 Å². The van der Waals surface area contributed by atoms with Gasteiger partial charge in [0.2, 0.25) is 0 Å². The number of amides is 2. The molecule has 0 radical (unpaired) electrons. The van der Waals surface area contributed by atoms with E-state index in [1.54, 1.807) is 0 Å². The molecule has 0 aromatic heterocycles. The fourth-order valence-corrected chi connectivity index (χ4v) is 7.27. The predicted octanol–water partition coefficient (Wildman–Crippen LogP) is 7.57.